The van der Waals surface area contributed by atoms with E-state index in [0.29, 0.717) is 22.3 Å². The molecule has 0 aliphatic rings. The molecule has 3 aromatic rings. The molecule has 0 aliphatic heterocycles. The highest BCUT2D eigenvalue weighted by Crippen LogP contribution is 2.25. The fourth-order valence-electron chi connectivity index (χ4n) is 2.40. The minimum Gasteiger partial charge on any atom is -0.496 e. The Morgan fingerprint density at radius 1 is 1.19 bits per heavy atom. The molecule has 0 fully saturated rings. The predicted molar refractivity (Wildman–Crippen MR) is 79.4 cm³/mol. The van der Waals surface area contributed by atoms with Crippen LogP contribution in [0.4, 0.5) is 4.39 Å². The number of carbonyl (C=O) groups excluding carboxylic acids is 1. The van der Waals surface area contributed by atoms with E-state index in [9.17, 15) is 9.18 Å². The van der Waals surface area contributed by atoms with E-state index in [4.69, 9.17) is 4.74 Å². The van der Waals surface area contributed by atoms with Crippen LogP contribution in [0.1, 0.15) is 21.5 Å². The Kier molecular flexibility index (Phi) is 3.22. The molecule has 2 aromatic carbocycles. The Balaban J connectivity index is 2.10. The molecular weight excluding hydrogens is 269 g/mol. The van der Waals surface area contributed by atoms with Crippen LogP contribution in [-0.4, -0.2) is 17.9 Å². The number of hydrogen-bond donors (Lipinski definition) is 1. The molecule has 0 saturated heterocycles. The number of H-pyrrole nitrogens is 1. The second-order valence-corrected chi connectivity index (χ2v) is 4.91. The molecule has 0 bridgehead atoms. The molecule has 0 aliphatic carbocycles. The summed E-state index contributed by atoms with van der Waals surface area (Å²) in [7, 11) is 1.57. The van der Waals surface area contributed by atoms with Gasteiger partial charge in [0.15, 0.2) is 5.78 Å². The Morgan fingerprint density at radius 2 is 2.00 bits per heavy atom. The number of methoxy groups -OCH3 is 1. The monoisotopic (exact) mass is 283 g/mol. The maximum Gasteiger partial charge on any atom is 0.195 e. The van der Waals surface area contributed by atoms with Crippen LogP contribution in [0.15, 0.2) is 42.6 Å². The van der Waals surface area contributed by atoms with E-state index >= 15 is 0 Å². The molecule has 3 rings (SSSR count). The zero-order valence-electron chi connectivity index (χ0n) is 11.7. The summed E-state index contributed by atoms with van der Waals surface area (Å²) < 4.78 is 18.6. The maximum atomic E-state index is 13.4. The normalized spacial score (nSPS) is 10.8. The van der Waals surface area contributed by atoms with Crippen molar-refractivity contribution in [2.45, 2.75) is 6.92 Å². The Bertz CT molecular complexity index is 836. The second-order valence-electron chi connectivity index (χ2n) is 4.91. The standard InChI is InChI=1S/C17H14FNO2/c1-10-3-4-11(7-16(10)21-2)17(20)14-9-19-15-6-5-12(18)8-13(14)15/h3-9,19H,1-2H3. The summed E-state index contributed by atoms with van der Waals surface area (Å²) in [6.07, 6.45) is 1.61. The average molecular weight is 283 g/mol. The van der Waals surface area contributed by atoms with Crippen molar-refractivity contribution < 1.29 is 13.9 Å². The van der Waals surface area contributed by atoms with Gasteiger partial charge >= 0.3 is 0 Å². The van der Waals surface area contributed by atoms with Crippen LogP contribution in [-0.2, 0) is 0 Å². The van der Waals surface area contributed by atoms with Crippen LogP contribution >= 0.6 is 0 Å². The van der Waals surface area contributed by atoms with Gasteiger partial charge in [-0.2, -0.15) is 0 Å². The molecule has 4 heteroatoms. The van der Waals surface area contributed by atoms with Gasteiger partial charge in [0.25, 0.3) is 0 Å². The van der Waals surface area contributed by atoms with Crippen molar-refractivity contribution in [1.82, 2.24) is 4.98 Å². The number of aromatic amines is 1. The number of carbonyl (C=O) groups is 1. The van der Waals surface area contributed by atoms with E-state index in [1.54, 1.807) is 31.5 Å². The van der Waals surface area contributed by atoms with Crippen LogP contribution in [0.25, 0.3) is 10.9 Å². The van der Waals surface area contributed by atoms with E-state index in [-0.39, 0.29) is 11.6 Å². The lowest BCUT2D eigenvalue weighted by molar-refractivity contribution is 0.104. The SMILES string of the molecule is COc1cc(C(=O)c2c[nH]c3ccc(F)cc23)ccc1C. The number of rotatable bonds is 3. The molecule has 21 heavy (non-hydrogen) atoms. The first-order valence-corrected chi connectivity index (χ1v) is 6.56. The summed E-state index contributed by atoms with van der Waals surface area (Å²) >= 11 is 0. The van der Waals surface area contributed by atoms with Crippen molar-refractivity contribution in [3.63, 3.8) is 0 Å². The number of nitrogens with one attached hydrogen (secondary N) is 1. The quantitative estimate of drug-likeness (QED) is 0.742. The van der Waals surface area contributed by atoms with Crippen molar-refractivity contribution in [1.29, 1.82) is 0 Å². The van der Waals surface area contributed by atoms with Crippen LogP contribution in [0.2, 0.25) is 0 Å². The molecule has 106 valence electrons. The van der Waals surface area contributed by atoms with E-state index < -0.39 is 0 Å². The highest BCUT2D eigenvalue weighted by atomic mass is 19.1. The molecule has 1 N–H and O–H groups in total. The van der Waals surface area contributed by atoms with Crippen molar-refractivity contribution in [2.24, 2.45) is 0 Å². The van der Waals surface area contributed by atoms with Gasteiger partial charge in [0.1, 0.15) is 11.6 Å². The number of hydrogen-bond acceptors (Lipinski definition) is 2. The third-order valence-electron chi connectivity index (χ3n) is 3.56. The summed E-state index contributed by atoms with van der Waals surface area (Å²) in [5, 5.41) is 0.583. The molecule has 0 radical (unpaired) electrons. The summed E-state index contributed by atoms with van der Waals surface area (Å²) in [6.45, 7) is 1.91. The van der Waals surface area contributed by atoms with Gasteiger partial charge in [-0.15, -0.1) is 0 Å². The maximum absolute atomic E-state index is 13.4. The van der Waals surface area contributed by atoms with Crippen LogP contribution < -0.4 is 4.74 Å². The van der Waals surface area contributed by atoms with E-state index in [0.717, 1.165) is 11.1 Å². The summed E-state index contributed by atoms with van der Waals surface area (Å²) in [5.41, 5.74) is 2.66. The molecule has 1 aromatic heterocycles. The lowest BCUT2D eigenvalue weighted by Crippen LogP contribution is -2.01. The summed E-state index contributed by atoms with van der Waals surface area (Å²) in [6, 6.07) is 9.64. The van der Waals surface area contributed by atoms with Crippen LogP contribution in [0.3, 0.4) is 0 Å². The van der Waals surface area contributed by atoms with Crippen LogP contribution in [0.5, 0.6) is 5.75 Å². The molecule has 0 saturated carbocycles. The number of halogens is 1. The molecule has 3 nitrogen and oxygen atoms in total. The fraction of sp³-hybridized carbons (Fsp3) is 0.118. The molecule has 0 amide bonds. The third-order valence-corrected chi connectivity index (χ3v) is 3.56. The first kappa shape index (κ1) is 13.4. The Hall–Kier alpha value is -2.62. The van der Waals surface area contributed by atoms with Gasteiger partial charge in [-0.05, 0) is 36.8 Å². The smallest absolute Gasteiger partial charge is 0.195 e. The molecule has 0 atom stereocenters. The average Bonchev–Trinajstić information content (AvgIpc) is 2.90. The lowest BCUT2D eigenvalue weighted by atomic mass is 10.0. The summed E-state index contributed by atoms with van der Waals surface area (Å²) in [4.78, 5) is 15.6. The lowest BCUT2D eigenvalue weighted by Gasteiger charge is -2.06. The molecule has 0 spiro atoms. The van der Waals surface area contributed by atoms with Crippen molar-refractivity contribution in [3.8, 4) is 5.75 Å². The number of benzene rings is 2. The number of aryl methyl sites for hydroxylation is 1. The van der Waals surface area contributed by atoms with Gasteiger partial charge in [0.2, 0.25) is 0 Å². The first-order chi connectivity index (χ1) is 10.1. The highest BCUT2D eigenvalue weighted by Gasteiger charge is 2.16. The molecule has 1 heterocycles. The van der Waals surface area contributed by atoms with Gasteiger partial charge < -0.3 is 9.72 Å². The highest BCUT2D eigenvalue weighted by molar-refractivity contribution is 6.16. The minimum absolute atomic E-state index is 0.162. The van der Waals surface area contributed by atoms with E-state index in [2.05, 4.69) is 4.98 Å². The van der Waals surface area contributed by atoms with Crippen molar-refractivity contribution in [2.75, 3.05) is 7.11 Å². The van der Waals surface area contributed by atoms with Gasteiger partial charge in [-0.1, -0.05) is 12.1 Å². The third kappa shape index (κ3) is 2.29. The number of ketones is 1. The predicted octanol–water partition coefficient (Wildman–Crippen LogP) is 3.86. The van der Waals surface area contributed by atoms with E-state index in [1.165, 1.54) is 12.1 Å². The number of aromatic nitrogens is 1. The number of ether oxygens (including phenoxy) is 1. The van der Waals surface area contributed by atoms with Crippen LogP contribution in [0, 0.1) is 12.7 Å². The van der Waals surface area contributed by atoms with Gasteiger partial charge in [0, 0.05) is 28.2 Å². The van der Waals surface area contributed by atoms with Gasteiger partial charge in [-0.3, -0.25) is 4.79 Å². The molecular formula is C17H14FNO2. The van der Waals surface area contributed by atoms with E-state index in [1.807, 2.05) is 13.0 Å². The second kappa shape index (κ2) is 5.05. The number of fused-ring (bicyclic) bond motifs is 1. The van der Waals surface area contributed by atoms with Gasteiger partial charge in [0.05, 0.1) is 7.11 Å². The molecule has 0 unspecified atom stereocenters. The Labute approximate surface area is 121 Å². The largest absolute Gasteiger partial charge is 0.496 e. The Morgan fingerprint density at radius 3 is 2.76 bits per heavy atom. The van der Waals surface area contributed by atoms with Gasteiger partial charge in [-0.25, -0.2) is 4.39 Å². The summed E-state index contributed by atoms with van der Waals surface area (Å²) in [5.74, 6) is 0.134. The first-order valence-electron chi connectivity index (χ1n) is 6.56. The van der Waals surface area contributed by atoms with Crippen molar-refractivity contribution >= 4 is 16.7 Å². The zero-order valence-corrected chi connectivity index (χ0v) is 11.7. The topological polar surface area (TPSA) is 42.1 Å². The zero-order chi connectivity index (χ0) is 15.0. The minimum atomic E-state index is -0.363. The fourth-order valence-corrected chi connectivity index (χ4v) is 2.40. The van der Waals surface area contributed by atoms with Crippen molar-refractivity contribution in [3.05, 3.63) is 65.1 Å².